The van der Waals surface area contributed by atoms with Gasteiger partial charge < -0.3 is 19.5 Å². The fourth-order valence-corrected chi connectivity index (χ4v) is 2.19. The Hall–Kier alpha value is -1.79. The van der Waals surface area contributed by atoms with Crippen molar-refractivity contribution in [3.63, 3.8) is 0 Å². The second kappa shape index (κ2) is 6.32. The molecule has 0 aromatic heterocycles. The SMILES string of the molecule is COC(=O)CC[C@H]1C[C@@]1(NC(=O)OC(C)(C)C)C(=O)OC. The number of hydrogen-bond acceptors (Lipinski definition) is 6. The summed E-state index contributed by atoms with van der Waals surface area (Å²) in [6, 6.07) is 0. The molecule has 1 aliphatic rings. The first kappa shape index (κ1) is 17.3. The molecule has 1 amide bonds. The van der Waals surface area contributed by atoms with Crippen molar-refractivity contribution >= 4 is 18.0 Å². The van der Waals surface area contributed by atoms with Crippen LogP contribution in [0.25, 0.3) is 0 Å². The van der Waals surface area contributed by atoms with Crippen LogP contribution in [0.3, 0.4) is 0 Å². The van der Waals surface area contributed by atoms with E-state index in [1.807, 2.05) is 0 Å². The van der Waals surface area contributed by atoms with Crippen molar-refractivity contribution in [2.75, 3.05) is 14.2 Å². The van der Waals surface area contributed by atoms with E-state index in [1.54, 1.807) is 20.8 Å². The van der Waals surface area contributed by atoms with Gasteiger partial charge in [0.15, 0.2) is 0 Å². The molecular weight excluding hydrogens is 278 g/mol. The average molecular weight is 301 g/mol. The van der Waals surface area contributed by atoms with Crippen molar-refractivity contribution in [1.82, 2.24) is 5.32 Å². The Morgan fingerprint density at radius 2 is 1.81 bits per heavy atom. The number of ether oxygens (including phenoxy) is 3. The maximum Gasteiger partial charge on any atom is 0.408 e. The van der Waals surface area contributed by atoms with Crippen LogP contribution in [-0.4, -0.2) is 43.4 Å². The molecule has 120 valence electrons. The molecule has 1 aliphatic carbocycles. The minimum absolute atomic E-state index is 0.156. The Morgan fingerprint density at radius 1 is 1.19 bits per heavy atom. The summed E-state index contributed by atoms with van der Waals surface area (Å²) >= 11 is 0. The highest BCUT2D eigenvalue weighted by Crippen LogP contribution is 2.47. The summed E-state index contributed by atoms with van der Waals surface area (Å²) in [4.78, 5) is 34.9. The molecule has 0 bridgehead atoms. The second-order valence-electron chi connectivity index (χ2n) is 6.11. The fraction of sp³-hybridized carbons (Fsp3) is 0.786. The minimum Gasteiger partial charge on any atom is -0.469 e. The third-order valence-corrected chi connectivity index (χ3v) is 3.30. The molecule has 21 heavy (non-hydrogen) atoms. The van der Waals surface area contributed by atoms with Gasteiger partial charge in [-0.2, -0.15) is 0 Å². The Morgan fingerprint density at radius 3 is 2.29 bits per heavy atom. The van der Waals surface area contributed by atoms with Crippen LogP contribution in [0.2, 0.25) is 0 Å². The molecule has 0 aromatic rings. The number of alkyl carbamates (subject to hydrolysis) is 1. The van der Waals surface area contributed by atoms with Crippen LogP contribution < -0.4 is 5.32 Å². The normalized spacial score (nSPS) is 24.0. The van der Waals surface area contributed by atoms with Gasteiger partial charge in [-0.1, -0.05) is 0 Å². The first-order chi connectivity index (χ1) is 9.64. The smallest absolute Gasteiger partial charge is 0.408 e. The summed E-state index contributed by atoms with van der Waals surface area (Å²) in [5, 5.41) is 2.58. The largest absolute Gasteiger partial charge is 0.469 e. The van der Waals surface area contributed by atoms with Gasteiger partial charge >= 0.3 is 18.0 Å². The summed E-state index contributed by atoms with van der Waals surface area (Å²) in [6.45, 7) is 5.21. The van der Waals surface area contributed by atoms with E-state index in [-0.39, 0.29) is 18.3 Å². The van der Waals surface area contributed by atoms with E-state index in [0.29, 0.717) is 12.8 Å². The Bertz CT molecular complexity index is 428. The maximum absolute atomic E-state index is 11.9. The van der Waals surface area contributed by atoms with E-state index in [2.05, 4.69) is 10.1 Å². The van der Waals surface area contributed by atoms with Crippen LogP contribution in [-0.2, 0) is 23.8 Å². The number of carbonyl (C=O) groups is 3. The highest BCUT2D eigenvalue weighted by Gasteiger charge is 2.62. The van der Waals surface area contributed by atoms with Crippen molar-refractivity contribution in [2.45, 2.75) is 51.2 Å². The Labute approximate surface area is 124 Å². The van der Waals surface area contributed by atoms with Crippen molar-refractivity contribution in [3.8, 4) is 0 Å². The number of nitrogens with one attached hydrogen (secondary N) is 1. The third-order valence-electron chi connectivity index (χ3n) is 3.30. The molecule has 0 heterocycles. The minimum atomic E-state index is -1.09. The van der Waals surface area contributed by atoms with Gasteiger partial charge in [-0.25, -0.2) is 9.59 Å². The van der Waals surface area contributed by atoms with Crippen molar-refractivity contribution in [3.05, 3.63) is 0 Å². The summed E-state index contributed by atoms with van der Waals surface area (Å²) in [5.74, 6) is -1.03. The van der Waals surface area contributed by atoms with E-state index in [0.717, 1.165) is 0 Å². The third kappa shape index (κ3) is 4.61. The van der Waals surface area contributed by atoms with Gasteiger partial charge in [0.1, 0.15) is 11.1 Å². The fourth-order valence-electron chi connectivity index (χ4n) is 2.19. The van der Waals surface area contributed by atoms with Gasteiger partial charge in [-0.05, 0) is 39.5 Å². The monoisotopic (exact) mass is 301 g/mol. The van der Waals surface area contributed by atoms with Crippen LogP contribution in [0.5, 0.6) is 0 Å². The predicted molar refractivity (Wildman–Crippen MR) is 73.5 cm³/mol. The second-order valence-corrected chi connectivity index (χ2v) is 6.11. The lowest BCUT2D eigenvalue weighted by atomic mass is 10.1. The highest BCUT2D eigenvalue weighted by molar-refractivity contribution is 5.89. The number of hydrogen-bond donors (Lipinski definition) is 1. The summed E-state index contributed by atoms with van der Waals surface area (Å²) in [5.41, 5.74) is -1.75. The van der Waals surface area contributed by atoms with Gasteiger partial charge in [-0.15, -0.1) is 0 Å². The van der Waals surface area contributed by atoms with Crippen molar-refractivity contribution in [2.24, 2.45) is 5.92 Å². The molecule has 1 saturated carbocycles. The lowest BCUT2D eigenvalue weighted by Gasteiger charge is -2.23. The molecule has 0 unspecified atom stereocenters. The van der Waals surface area contributed by atoms with Crippen LogP contribution in [0.15, 0.2) is 0 Å². The molecule has 0 aliphatic heterocycles. The van der Waals surface area contributed by atoms with Crippen molar-refractivity contribution < 1.29 is 28.6 Å². The van der Waals surface area contributed by atoms with Gasteiger partial charge in [0.25, 0.3) is 0 Å². The van der Waals surface area contributed by atoms with Gasteiger partial charge in [0.2, 0.25) is 0 Å². The van der Waals surface area contributed by atoms with Gasteiger partial charge in [0, 0.05) is 6.42 Å². The molecule has 0 radical (unpaired) electrons. The molecule has 2 atom stereocenters. The molecule has 1 N–H and O–H groups in total. The molecule has 0 aromatic carbocycles. The number of amides is 1. The van der Waals surface area contributed by atoms with E-state index >= 15 is 0 Å². The zero-order chi connectivity index (χ0) is 16.3. The topological polar surface area (TPSA) is 90.9 Å². The van der Waals surface area contributed by atoms with Crippen LogP contribution in [0.4, 0.5) is 4.79 Å². The van der Waals surface area contributed by atoms with Crippen LogP contribution in [0.1, 0.15) is 40.0 Å². The maximum atomic E-state index is 11.9. The molecule has 7 heteroatoms. The zero-order valence-corrected chi connectivity index (χ0v) is 13.1. The van der Waals surface area contributed by atoms with Crippen molar-refractivity contribution in [1.29, 1.82) is 0 Å². The van der Waals surface area contributed by atoms with E-state index in [9.17, 15) is 14.4 Å². The number of methoxy groups -OCH3 is 2. The summed E-state index contributed by atoms with van der Waals surface area (Å²) in [6.07, 6.45) is 0.386. The molecule has 1 fully saturated rings. The Balaban J connectivity index is 2.65. The summed E-state index contributed by atoms with van der Waals surface area (Å²) in [7, 11) is 2.57. The van der Waals surface area contributed by atoms with Gasteiger partial charge in [-0.3, -0.25) is 4.79 Å². The molecule has 0 saturated heterocycles. The zero-order valence-electron chi connectivity index (χ0n) is 13.1. The lowest BCUT2D eigenvalue weighted by Crippen LogP contribution is -2.47. The van der Waals surface area contributed by atoms with E-state index in [1.165, 1.54) is 14.2 Å². The average Bonchev–Trinajstić information content (AvgIpc) is 3.06. The van der Waals surface area contributed by atoms with E-state index in [4.69, 9.17) is 9.47 Å². The number of esters is 2. The number of carbonyl (C=O) groups excluding carboxylic acids is 3. The van der Waals surface area contributed by atoms with Crippen LogP contribution in [0, 0.1) is 5.92 Å². The first-order valence-corrected chi connectivity index (χ1v) is 6.81. The molecule has 0 spiro atoms. The highest BCUT2D eigenvalue weighted by atomic mass is 16.6. The molecular formula is C14H23NO6. The standard InChI is InChI=1S/C14H23NO6/c1-13(2,3)21-12(18)15-14(11(17)20-5)8-9(14)6-7-10(16)19-4/h9H,6-8H2,1-5H3,(H,15,18)/t9-,14-/m0/s1. The first-order valence-electron chi connectivity index (χ1n) is 6.81. The molecule has 1 rings (SSSR count). The predicted octanol–water partition coefficient (Wildman–Crippen LogP) is 1.40. The lowest BCUT2D eigenvalue weighted by molar-refractivity contribution is -0.145. The molecule has 7 nitrogen and oxygen atoms in total. The quantitative estimate of drug-likeness (QED) is 0.609. The Kier molecular flexibility index (Phi) is 5.20. The van der Waals surface area contributed by atoms with E-state index < -0.39 is 23.2 Å². The van der Waals surface area contributed by atoms with Crippen LogP contribution >= 0.6 is 0 Å². The number of rotatable bonds is 5. The summed E-state index contributed by atoms with van der Waals surface area (Å²) < 4.78 is 14.5. The van der Waals surface area contributed by atoms with Gasteiger partial charge in [0.05, 0.1) is 14.2 Å².